The third-order valence-electron chi connectivity index (χ3n) is 5.53. The lowest BCUT2D eigenvalue weighted by atomic mass is 9.89. The van der Waals surface area contributed by atoms with E-state index in [1.54, 1.807) is 25.1 Å². The van der Waals surface area contributed by atoms with Crippen LogP contribution in [0.2, 0.25) is 0 Å². The summed E-state index contributed by atoms with van der Waals surface area (Å²) in [5.74, 6) is -0.969. The van der Waals surface area contributed by atoms with Gasteiger partial charge in [-0.05, 0) is 61.1 Å². The summed E-state index contributed by atoms with van der Waals surface area (Å²) in [5.41, 5.74) is 2.85. The van der Waals surface area contributed by atoms with Crippen molar-refractivity contribution in [1.82, 2.24) is 10.2 Å². The van der Waals surface area contributed by atoms with E-state index in [0.717, 1.165) is 29.7 Å². The normalized spacial score (nSPS) is 20.2. The van der Waals surface area contributed by atoms with Crippen molar-refractivity contribution >= 4 is 23.5 Å². The van der Waals surface area contributed by atoms with Crippen LogP contribution in [0.1, 0.15) is 35.6 Å². The molecule has 2 aromatic carbocycles. The molecule has 1 atom stereocenters. The Balaban J connectivity index is 1.50. The number of urea groups is 1. The van der Waals surface area contributed by atoms with Gasteiger partial charge in [-0.2, -0.15) is 5.26 Å². The number of benzene rings is 2. The highest BCUT2D eigenvalue weighted by Crippen LogP contribution is 2.32. The van der Waals surface area contributed by atoms with Crippen LogP contribution in [0, 0.1) is 11.3 Å². The van der Waals surface area contributed by atoms with Gasteiger partial charge in [-0.15, -0.1) is 0 Å². The average molecular weight is 388 g/mol. The minimum atomic E-state index is -1.20. The second-order valence-corrected chi connectivity index (χ2v) is 7.52. The molecule has 4 rings (SSSR count). The predicted octanol–water partition coefficient (Wildman–Crippen LogP) is 2.45. The van der Waals surface area contributed by atoms with E-state index >= 15 is 0 Å². The van der Waals surface area contributed by atoms with Crippen LogP contribution in [0.5, 0.6) is 0 Å². The van der Waals surface area contributed by atoms with Gasteiger partial charge in [-0.1, -0.05) is 24.3 Å². The molecule has 0 spiro atoms. The largest absolute Gasteiger partial charge is 0.325 e. The fourth-order valence-electron chi connectivity index (χ4n) is 3.93. The number of nitriles is 1. The Morgan fingerprint density at radius 3 is 2.79 bits per heavy atom. The molecule has 1 aliphatic heterocycles. The molecule has 1 aliphatic carbocycles. The predicted molar refractivity (Wildman–Crippen MR) is 106 cm³/mol. The Kier molecular flexibility index (Phi) is 4.55. The fraction of sp³-hybridized carbons (Fsp3) is 0.273. The molecule has 2 aromatic rings. The van der Waals surface area contributed by atoms with Crippen LogP contribution in [0.15, 0.2) is 42.5 Å². The topological polar surface area (TPSA) is 102 Å². The van der Waals surface area contributed by atoms with E-state index in [1.165, 1.54) is 17.2 Å². The highest BCUT2D eigenvalue weighted by molar-refractivity contribution is 6.10. The van der Waals surface area contributed by atoms with Gasteiger partial charge in [-0.25, -0.2) is 4.79 Å². The number of nitrogens with zero attached hydrogens (tertiary/aromatic N) is 2. The van der Waals surface area contributed by atoms with Crippen molar-refractivity contribution in [2.75, 3.05) is 11.9 Å². The van der Waals surface area contributed by atoms with Crippen LogP contribution < -0.4 is 10.6 Å². The summed E-state index contributed by atoms with van der Waals surface area (Å²) in [6, 6.07) is 13.7. The van der Waals surface area contributed by atoms with Crippen LogP contribution in [0.25, 0.3) is 0 Å². The van der Waals surface area contributed by atoms with Crippen molar-refractivity contribution < 1.29 is 14.4 Å². The van der Waals surface area contributed by atoms with Gasteiger partial charge in [0.2, 0.25) is 5.91 Å². The number of hydrogen-bond acceptors (Lipinski definition) is 4. The van der Waals surface area contributed by atoms with Crippen molar-refractivity contribution in [3.8, 4) is 6.07 Å². The SMILES string of the molecule is C[C@]1(c2ccc3c(c2)CCC3)NC(=O)N(CC(=O)Nc2cccc(C#N)c2)C1=O. The number of carbonyl (C=O) groups is 3. The molecular weight excluding hydrogens is 368 g/mol. The van der Waals surface area contributed by atoms with Gasteiger partial charge >= 0.3 is 6.03 Å². The first kappa shape index (κ1) is 18.7. The van der Waals surface area contributed by atoms with Crippen molar-refractivity contribution in [1.29, 1.82) is 5.26 Å². The van der Waals surface area contributed by atoms with E-state index in [1.807, 2.05) is 24.3 Å². The monoisotopic (exact) mass is 388 g/mol. The van der Waals surface area contributed by atoms with E-state index in [-0.39, 0.29) is 0 Å². The summed E-state index contributed by atoms with van der Waals surface area (Å²) in [4.78, 5) is 38.8. The van der Waals surface area contributed by atoms with Crippen molar-refractivity contribution in [2.24, 2.45) is 0 Å². The summed E-state index contributed by atoms with van der Waals surface area (Å²) >= 11 is 0. The van der Waals surface area contributed by atoms with Gasteiger partial charge in [0, 0.05) is 5.69 Å². The van der Waals surface area contributed by atoms with Crippen LogP contribution >= 0.6 is 0 Å². The van der Waals surface area contributed by atoms with Crippen molar-refractivity contribution in [3.63, 3.8) is 0 Å². The van der Waals surface area contributed by atoms with Gasteiger partial charge in [-0.3, -0.25) is 14.5 Å². The van der Waals surface area contributed by atoms with Gasteiger partial charge in [0.15, 0.2) is 0 Å². The van der Waals surface area contributed by atoms with Gasteiger partial charge < -0.3 is 10.6 Å². The fourth-order valence-corrected chi connectivity index (χ4v) is 3.93. The summed E-state index contributed by atoms with van der Waals surface area (Å²) in [5, 5.41) is 14.3. The molecule has 29 heavy (non-hydrogen) atoms. The quantitative estimate of drug-likeness (QED) is 0.786. The third-order valence-corrected chi connectivity index (χ3v) is 5.53. The number of nitrogens with one attached hydrogen (secondary N) is 2. The zero-order chi connectivity index (χ0) is 20.6. The standard InChI is InChI=1S/C22H20N4O3/c1-22(17-9-8-15-5-3-6-16(15)11-17)20(28)26(21(29)25-22)13-19(27)24-18-7-2-4-14(10-18)12-23/h2,4,7-11H,3,5-6,13H2,1H3,(H,24,27)(H,25,29)/t22-/m1/s1. The first-order valence-electron chi connectivity index (χ1n) is 9.47. The Hall–Kier alpha value is -3.66. The number of amides is 4. The maximum Gasteiger partial charge on any atom is 0.325 e. The van der Waals surface area contributed by atoms with Gasteiger partial charge in [0.25, 0.3) is 5.91 Å². The highest BCUT2D eigenvalue weighted by atomic mass is 16.2. The Morgan fingerprint density at radius 2 is 2.00 bits per heavy atom. The second kappa shape index (κ2) is 7.06. The molecule has 1 saturated heterocycles. The molecule has 2 aliphatic rings. The number of imide groups is 1. The molecule has 0 aromatic heterocycles. The molecule has 0 radical (unpaired) electrons. The number of anilines is 1. The molecule has 0 saturated carbocycles. The minimum Gasteiger partial charge on any atom is -0.324 e. The Labute approximate surface area is 168 Å². The maximum absolute atomic E-state index is 13.0. The lowest BCUT2D eigenvalue weighted by Crippen LogP contribution is -2.42. The molecule has 0 bridgehead atoms. The van der Waals surface area contributed by atoms with Crippen LogP contribution in [-0.4, -0.2) is 29.3 Å². The highest BCUT2D eigenvalue weighted by Gasteiger charge is 2.49. The van der Waals surface area contributed by atoms with E-state index in [4.69, 9.17) is 5.26 Å². The molecule has 0 unspecified atom stereocenters. The molecule has 7 heteroatoms. The number of hydrogen-bond donors (Lipinski definition) is 2. The lowest BCUT2D eigenvalue weighted by molar-refractivity contribution is -0.133. The summed E-state index contributed by atoms with van der Waals surface area (Å²) in [7, 11) is 0. The molecule has 1 heterocycles. The van der Waals surface area contributed by atoms with Gasteiger partial charge in [0.1, 0.15) is 12.1 Å². The van der Waals surface area contributed by atoms with E-state index in [0.29, 0.717) is 11.3 Å². The smallest absolute Gasteiger partial charge is 0.324 e. The minimum absolute atomic E-state index is 0.401. The first-order chi connectivity index (χ1) is 13.9. The van der Waals surface area contributed by atoms with E-state index < -0.39 is 29.9 Å². The van der Waals surface area contributed by atoms with E-state index in [9.17, 15) is 14.4 Å². The summed E-state index contributed by atoms with van der Waals surface area (Å²) < 4.78 is 0. The maximum atomic E-state index is 13.0. The van der Waals surface area contributed by atoms with Crippen LogP contribution in [0.4, 0.5) is 10.5 Å². The summed E-state index contributed by atoms with van der Waals surface area (Å²) in [6.45, 7) is 1.26. The molecule has 1 fully saturated rings. The zero-order valence-electron chi connectivity index (χ0n) is 16.0. The zero-order valence-corrected chi connectivity index (χ0v) is 16.0. The third kappa shape index (κ3) is 3.34. The van der Waals surface area contributed by atoms with Gasteiger partial charge in [0.05, 0.1) is 11.6 Å². The average Bonchev–Trinajstić information content (AvgIpc) is 3.26. The molecule has 146 valence electrons. The Morgan fingerprint density at radius 1 is 1.21 bits per heavy atom. The number of aryl methyl sites for hydroxylation is 2. The molecule has 4 amide bonds. The van der Waals surface area contributed by atoms with Crippen LogP contribution in [-0.2, 0) is 28.0 Å². The van der Waals surface area contributed by atoms with Crippen LogP contribution in [0.3, 0.4) is 0 Å². The Bertz CT molecular complexity index is 1070. The van der Waals surface area contributed by atoms with Crippen molar-refractivity contribution in [2.45, 2.75) is 31.7 Å². The number of carbonyl (C=O) groups excluding carboxylic acids is 3. The number of fused-ring (bicyclic) bond motifs is 1. The lowest BCUT2D eigenvalue weighted by Gasteiger charge is -2.23. The van der Waals surface area contributed by atoms with E-state index in [2.05, 4.69) is 10.6 Å². The second-order valence-electron chi connectivity index (χ2n) is 7.52. The molecule has 2 N–H and O–H groups in total. The molecular formula is C22H20N4O3. The first-order valence-corrected chi connectivity index (χ1v) is 9.47. The molecule has 7 nitrogen and oxygen atoms in total. The summed E-state index contributed by atoms with van der Waals surface area (Å²) in [6.07, 6.45) is 3.09. The van der Waals surface area contributed by atoms with Crippen molar-refractivity contribution in [3.05, 3.63) is 64.7 Å². The number of rotatable bonds is 4.